The van der Waals surface area contributed by atoms with Gasteiger partial charge in [-0.1, -0.05) is 19.1 Å². The van der Waals surface area contributed by atoms with E-state index in [-0.39, 0.29) is 5.91 Å². The van der Waals surface area contributed by atoms with Gasteiger partial charge in [0, 0.05) is 38.4 Å². The normalized spacial score (nSPS) is 16.6. The number of hydrogen-bond donors (Lipinski definition) is 2. The summed E-state index contributed by atoms with van der Waals surface area (Å²) >= 11 is 0. The molecule has 1 aliphatic rings. The Morgan fingerprint density at radius 1 is 1.29 bits per heavy atom. The molecule has 1 amide bonds. The number of carbonyl (C=O) groups is 1. The first-order valence-electron chi connectivity index (χ1n) is 10.0. The second-order valence-electron chi connectivity index (χ2n) is 7.12. The zero-order valence-corrected chi connectivity index (χ0v) is 16.8. The lowest BCUT2D eigenvalue weighted by Crippen LogP contribution is -2.50. The van der Waals surface area contributed by atoms with Crippen LogP contribution in [0, 0.1) is 0 Å². The second kappa shape index (κ2) is 10.1. The predicted octanol–water partition coefficient (Wildman–Crippen LogP) is 2.64. The number of aryl methyl sites for hydroxylation is 1. The molecule has 150 valence electrons. The Hall–Kier alpha value is -2.60. The Balaban J connectivity index is 1.44. The van der Waals surface area contributed by atoms with E-state index < -0.39 is 0 Å². The minimum absolute atomic E-state index is 0.0690. The molecule has 6 nitrogen and oxygen atoms in total. The van der Waals surface area contributed by atoms with Crippen LogP contribution in [0.2, 0.25) is 0 Å². The molecule has 1 aromatic carbocycles. The molecule has 28 heavy (non-hydrogen) atoms. The van der Waals surface area contributed by atoms with E-state index in [1.165, 1.54) is 5.56 Å². The second-order valence-corrected chi connectivity index (χ2v) is 7.12. The van der Waals surface area contributed by atoms with E-state index in [1.54, 1.807) is 13.3 Å². The molecule has 0 spiro atoms. The van der Waals surface area contributed by atoms with Crippen molar-refractivity contribution < 1.29 is 9.53 Å². The minimum Gasteiger partial charge on any atom is -0.497 e. The van der Waals surface area contributed by atoms with Crippen LogP contribution in [0.5, 0.6) is 5.75 Å². The zero-order chi connectivity index (χ0) is 19.8. The molecule has 0 bridgehead atoms. The third kappa shape index (κ3) is 5.45. The molecule has 1 aliphatic heterocycles. The summed E-state index contributed by atoms with van der Waals surface area (Å²) in [5, 5.41) is 6.48. The molecule has 1 saturated heterocycles. The lowest BCUT2D eigenvalue weighted by Gasteiger charge is -2.34. The number of anilines is 1. The van der Waals surface area contributed by atoms with Gasteiger partial charge >= 0.3 is 0 Å². The van der Waals surface area contributed by atoms with Gasteiger partial charge in [0.2, 0.25) is 0 Å². The summed E-state index contributed by atoms with van der Waals surface area (Å²) in [5.41, 5.74) is 1.85. The fourth-order valence-corrected chi connectivity index (χ4v) is 3.40. The molecular weight excluding hydrogens is 352 g/mol. The molecular formula is C22H30N4O2. The van der Waals surface area contributed by atoms with E-state index in [2.05, 4.69) is 39.6 Å². The predicted molar refractivity (Wildman–Crippen MR) is 112 cm³/mol. The van der Waals surface area contributed by atoms with E-state index in [9.17, 15) is 4.79 Å². The van der Waals surface area contributed by atoms with Gasteiger partial charge in [-0.15, -0.1) is 0 Å². The molecule has 2 N–H and O–H groups in total. The van der Waals surface area contributed by atoms with Crippen LogP contribution in [-0.4, -0.2) is 50.2 Å². The van der Waals surface area contributed by atoms with Crippen LogP contribution in [-0.2, 0) is 6.42 Å². The quantitative estimate of drug-likeness (QED) is 0.687. The highest BCUT2D eigenvalue weighted by Crippen LogP contribution is 2.15. The van der Waals surface area contributed by atoms with Crippen molar-refractivity contribution in [3.8, 4) is 5.75 Å². The van der Waals surface area contributed by atoms with E-state index in [1.807, 2.05) is 24.3 Å². The lowest BCUT2D eigenvalue weighted by molar-refractivity contribution is 0.0953. The van der Waals surface area contributed by atoms with Crippen molar-refractivity contribution in [1.82, 2.24) is 15.6 Å². The average molecular weight is 383 g/mol. The SMILES string of the molecule is CCC1CN(c2ccc(C(=O)NCCCc3ccc(OC)cc3)cn2)CCN1. The number of pyridine rings is 1. The number of piperazine rings is 1. The lowest BCUT2D eigenvalue weighted by atomic mass is 10.1. The minimum atomic E-state index is -0.0690. The van der Waals surface area contributed by atoms with Crippen molar-refractivity contribution in [1.29, 1.82) is 0 Å². The average Bonchev–Trinajstić information content (AvgIpc) is 2.77. The highest BCUT2D eigenvalue weighted by atomic mass is 16.5. The number of hydrogen-bond acceptors (Lipinski definition) is 5. The van der Waals surface area contributed by atoms with Crippen molar-refractivity contribution in [3.63, 3.8) is 0 Å². The number of rotatable bonds is 8. The van der Waals surface area contributed by atoms with Crippen molar-refractivity contribution in [2.24, 2.45) is 0 Å². The van der Waals surface area contributed by atoms with Crippen molar-refractivity contribution in [2.45, 2.75) is 32.2 Å². The third-order valence-corrected chi connectivity index (χ3v) is 5.17. The fourth-order valence-electron chi connectivity index (χ4n) is 3.40. The van der Waals surface area contributed by atoms with Crippen molar-refractivity contribution in [3.05, 3.63) is 53.7 Å². The highest BCUT2D eigenvalue weighted by molar-refractivity contribution is 5.94. The molecule has 0 saturated carbocycles. The van der Waals surface area contributed by atoms with E-state index in [0.29, 0.717) is 18.2 Å². The molecule has 1 atom stereocenters. The van der Waals surface area contributed by atoms with Crippen LogP contribution in [0.4, 0.5) is 5.82 Å². The first kappa shape index (κ1) is 20.1. The number of carbonyl (C=O) groups excluding carboxylic acids is 1. The first-order valence-corrected chi connectivity index (χ1v) is 10.0. The van der Waals surface area contributed by atoms with Crippen LogP contribution in [0.25, 0.3) is 0 Å². The van der Waals surface area contributed by atoms with Crippen LogP contribution in [0.1, 0.15) is 35.7 Å². The molecule has 1 unspecified atom stereocenters. The van der Waals surface area contributed by atoms with Crippen molar-refractivity contribution >= 4 is 11.7 Å². The molecule has 1 fully saturated rings. The fraction of sp³-hybridized carbons (Fsp3) is 0.455. The molecule has 3 rings (SSSR count). The molecule has 2 aromatic rings. The standard InChI is InChI=1S/C22H30N4O2/c1-3-19-16-26(14-13-23-19)21-11-8-18(15-25-21)22(27)24-12-4-5-17-6-9-20(28-2)10-7-17/h6-11,15,19,23H,3-5,12-14,16H2,1-2H3,(H,24,27). The largest absolute Gasteiger partial charge is 0.497 e. The van der Waals surface area contributed by atoms with Gasteiger partial charge in [0.25, 0.3) is 5.91 Å². The summed E-state index contributed by atoms with van der Waals surface area (Å²) < 4.78 is 5.16. The van der Waals surface area contributed by atoms with Crippen LogP contribution < -0.4 is 20.3 Å². The van der Waals surface area contributed by atoms with Gasteiger partial charge in [-0.05, 0) is 49.1 Å². The zero-order valence-electron chi connectivity index (χ0n) is 16.8. The number of nitrogens with zero attached hydrogens (tertiary/aromatic N) is 2. The summed E-state index contributed by atoms with van der Waals surface area (Å²) in [5.74, 6) is 1.73. The van der Waals surface area contributed by atoms with Gasteiger partial charge < -0.3 is 20.3 Å². The van der Waals surface area contributed by atoms with Crippen LogP contribution in [0.3, 0.4) is 0 Å². The molecule has 1 aromatic heterocycles. The number of amides is 1. The highest BCUT2D eigenvalue weighted by Gasteiger charge is 2.19. The van der Waals surface area contributed by atoms with E-state index in [4.69, 9.17) is 4.74 Å². The number of methoxy groups -OCH3 is 1. The Morgan fingerprint density at radius 2 is 2.11 bits per heavy atom. The maximum atomic E-state index is 12.3. The smallest absolute Gasteiger partial charge is 0.252 e. The number of aromatic nitrogens is 1. The first-order chi connectivity index (χ1) is 13.7. The molecule has 0 radical (unpaired) electrons. The summed E-state index contributed by atoms with van der Waals surface area (Å²) in [4.78, 5) is 19.1. The maximum absolute atomic E-state index is 12.3. The van der Waals surface area contributed by atoms with Crippen LogP contribution >= 0.6 is 0 Å². The number of benzene rings is 1. The van der Waals surface area contributed by atoms with Gasteiger partial charge in [-0.25, -0.2) is 4.98 Å². The summed E-state index contributed by atoms with van der Waals surface area (Å²) in [6.07, 6.45) is 4.59. The molecule has 0 aliphatic carbocycles. The number of ether oxygens (including phenoxy) is 1. The van der Waals surface area contributed by atoms with E-state index >= 15 is 0 Å². The van der Waals surface area contributed by atoms with Gasteiger partial charge in [-0.2, -0.15) is 0 Å². The Morgan fingerprint density at radius 3 is 2.79 bits per heavy atom. The monoisotopic (exact) mass is 382 g/mol. The topological polar surface area (TPSA) is 66.5 Å². The van der Waals surface area contributed by atoms with Gasteiger partial charge in [0.05, 0.1) is 12.7 Å². The Bertz CT molecular complexity index is 746. The number of nitrogens with one attached hydrogen (secondary N) is 2. The van der Waals surface area contributed by atoms with Gasteiger partial charge in [0.15, 0.2) is 0 Å². The third-order valence-electron chi connectivity index (χ3n) is 5.17. The van der Waals surface area contributed by atoms with E-state index in [0.717, 1.165) is 50.5 Å². The van der Waals surface area contributed by atoms with Crippen LogP contribution in [0.15, 0.2) is 42.6 Å². The van der Waals surface area contributed by atoms with Gasteiger partial charge in [0.1, 0.15) is 11.6 Å². The maximum Gasteiger partial charge on any atom is 0.252 e. The molecule has 6 heteroatoms. The van der Waals surface area contributed by atoms with Gasteiger partial charge in [-0.3, -0.25) is 4.79 Å². The Kier molecular flexibility index (Phi) is 7.25. The van der Waals surface area contributed by atoms with Crippen molar-refractivity contribution in [2.75, 3.05) is 38.2 Å². The summed E-state index contributed by atoms with van der Waals surface area (Å²) in [6, 6.07) is 12.4. The molecule has 2 heterocycles. The summed E-state index contributed by atoms with van der Waals surface area (Å²) in [7, 11) is 1.66. The summed E-state index contributed by atoms with van der Waals surface area (Å²) in [6.45, 7) is 5.71. The Labute approximate surface area is 167 Å².